The fraction of sp³-hybridized carbons (Fsp3) is 0.933. The van der Waals surface area contributed by atoms with Gasteiger partial charge in [-0.25, -0.2) is 0 Å². The molecule has 0 aromatic heterocycles. The van der Waals surface area contributed by atoms with Gasteiger partial charge in [-0.1, -0.05) is 6.42 Å². The van der Waals surface area contributed by atoms with Crippen LogP contribution in [-0.4, -0.2) is 66.7 Å². The minimum absolute atomic E-state index is 0.0493. The van der Waals surface area contributed by atoms with Crippen molar-refractivity contribution in [2.75, 3.05) is 39.8 Å². The highest BCUT2D eigenvalue weighted by Gasteiger charge is 2.39. The lowest BCUT2D eigenvalue weighted by atomic mass is 9.66. The molecule has 0 bridgehead atoms. The van der Waals surface area contributed by atoms with E-state index in [-0.39, 0.29) is 17.9 Å². The van der Waals surface area contributed by atoms with Crippen LogP contribution < -0.4 is 5.73 Å². The standard InChI is InChI=1S/C15H29N3O2/c1-17-7-3-13(4-8-17)18(9-10-19)14(20)11-15(12-16)5-2-6-15/h13,19H,2-12,16H2,1H3. The van der Waals surface area contributed by atoms with E-state index in [1.807, 2.05) is 4.90 Å². The van der Waals surface area contributed by atoms with Crippen LogP contribution in [0, 0.1) is 5.41 Å². The first-order chi connectivity index (χ1) is 9.60. The summed E-state index contributed by atoms with van der Waals surface area (Å²) in [5.74, 6) is 0.193. The number of carbonyl (C=O) groups excluding carboxylic acids is 1. The largest absolute Gasteiger partial charge is 0.395 e. The second-order valence-electron chi connectivity index (χ2n) is 6.58. The molecule has 1 saturated heterocycles. The van der Waals surface area contributed by atoms with Crippen LogP contribution in [0.1, 0.15) is 38.5 Å². The zero-order valence-electron chi connectivity index (χ0n) is 12.7. The summed E-state index contributed by atoms with van der Waals surface area (Å²) in [7, 11) is 2.12. The summed E-state index contributed by atoms with van der Waals surface area (Å²) in [5, 5.41) is 9.27. The number of rotatable bonds is 6. The maximum Gasteiger partial charge on any atom is 0.223 e. The van der Waals surface area contributed by atoms with Gasteiger partial charge in [0.05, 0.1) is 6.61 Å². The van der Waals surface area contributed by atoms with Gasteiger partial charge in [0.25, 0.3) is 0 Å². The molecule has 116 valence electrons. The van der Waals surface area contributed by atoms with E-state index < -0.39 is 0 Å². The molecule has 2 fully saturated rings. The number of nitrogens with zero attached hydrogens (tertiary/aromatic N) is 2. The Morgan fingerprint density at radius 1 is 1.40 bits per heavy atom. The first kappa shape index (κ1) is 15.7. The molecule has 0 aromatic carbocycles. The third-order valence-corrected chi connectivity index (χ3v) is 5.16. The predicted molar refractivity (Wildman–Crippen MR) is 79.3 cm³/mol. The van der Waals surface area contributed by atoms with Crippen molar-refractivity contribution in [3.05, 3.63) is 0 Å². The zero-order chi connectivity index (χ0) is 14.6. The van der Waals surface area contributed by atoms with Crippen LogP contribution in [0.2, 0.25) is 0 Å². The van der Waals surface area contributed by atoms with E-state index in [9.17, 15) is 9.90 Å². The molecule has 0 unspecified atom stereocenters. The van der Waals surface area contributed by atoms with Gasteiger partial charge >= 0.3 is 0 Å². The van der Waals surface area contributed by atoms with Crippen LogP contribution in [0.3, 0.4) is 0 Å². The van der Waals surface area contributed by atoms with Gasteiger partial charge in [-0.05, 0) is 57.8 Å². The van der Waals surface area contributed by atoms with Gasteiger partial charge in [-0.15, -0.1) is 0 Å². The number of hydrogen-bond acceptors (Lipinski definition) is 4. The summed E-state index contributed by atoms with van der Waals surface area (Å²) in [6.07, 6.45) is 5.94. The van der Waals surface area contributed by atoms with E-state index >= 15 is 0 Å². The van der Waals surface area contributed by atoms with Gasteiger partial charge in [-0.3, -0.25) is 4.79 Å². The molecular formula is C15H29N3O2. The fourth-order valence-corrected chi connectivity index (χ4v) is 3.48. The Balaban J connectivity index is 1.94. The number of piperidine rings is 1. The Hall–Kier alpha value is -0.650. The third-order valence-electron chi connectivity index (χ3n) is 5.16. The molecule has 5 heteroatoms. The highest BCUT2D eigenvalue weighted by atomic mass is 16.3. The summed E-state index contributed by atoms with van der Waals surface area (Å²) in [5.41, 5.74) is 5.91. The summed E-state index contributed by atoms with van der Waals surface area (Å²) < 4.78 is 0. The van der Waals surface area contributed by atoms with Crippen molar-refractivity contribution in [3.8, 4) is 0 Å². The van der Waals surface area contributed by atoms with E-state index in [1.54, 1.807) is 0 Å². The van der Waals surface area contributed by atoms with E-state index in [0.29, 0.717) is 25.6 Å². The van der Waals surface area contributed by atoms with E-state index in [2.05, 4.69) is 11.9 Å². The van der Waals surface area contributed by atoms with Crippen molar-refractivity contribution >= 4 is 5.91 Å². The summed E-state index contributed by atoms with van der Waals surface area (Å²) in [6, 6.07) is 0.292. The number of hydrogen-bond donors (Lipinski definition) is 2. The van der Waals surface area contributed by atoms with Crippen LogP contribution in [0.15, 0.2) is 0 Å². The number of amides is 1. The maximum atomic E-state index is 12.6. The molecule has 0 aromatic rings. The number of aliphatic hydroxyl groups excluding tert-OH is 1. The van der Waals surface area contributed by atoms with Gasteiger partial charge in [0.15, 0.2) is 0 Å². The van der Waals surface area contributed by atoms with Crippen LogP contribution in [-0.2, 0) is 4.79 Å². The average Bonchev–Trinajstić information content (AvgIpc) is 2.41. The number of likely N-dealkylation sites (tertiary alicyclic amines) is 1. The van der Waals surface area contributed by atoms with Crippen molar-refractivity contribution in [1.29, 1.82) is 0 Å². The molecule has 1 amide bonds. The number of aliphatic hydroxyl groups is 1. The normalized spacial score (nSPS) is 23.4. The molecule has 5 nitrogen and oxygen atoms in total. The average molecular weight is 283 g/mol. The zero-order valence-corrected chi connectivity index (χ0v) is 12.7. The smallest absolute Gasteiger partial charge is 0.223 e. The molecule has 2 rings (SSSR count). The lowest BCUT2D eigenvalue weighted by Crippen LogP contribution is -2.50. The van der Waals surface area contributed by atoms with Crippen molar-refractivity contribution in [2.45, 2.75) is 44.6 Å². The van der Waals surface area contributed by atoms with Crippen molar-refractivity contribution in [1.82, 2.24) is 9.80 Å². The van der Waals surface area contributed by atoms with Gasteiger partial charge in [0.2, 0.25) is 5.91 Å². The molecule has 20 heavy (non-hydrogen) atoms. The first-order valence-electron chi connectivity index (χ1n) is 7.89. The topological polar surface area (TPSA) is 69.8 Å². The van der Waals surface area contributed by atoms with Crippen LogP contribution >= 0.6 is 0 Å². The fourth-order valence-electron chi connectivity index (χ4n) is 3.48. The quantitative estimate of drug-likeness (QED) is 0.741. The maximum absolute atomic E-state index is 12.6. The van der Waals surface area contributed by atoms with Gasteiger partial charge in [-0.2, -0.15) is 0 Å². The third kappa shape index (κ3) is 3.51. The summed E-state index contributed by atoms with van der Waals surface area (Å²) >= 11 is 0. The molecule has 1 aliphatic heterocycles. The monoisotopic (exact) mass is 283 g/mol. The minimum Gasteiger partial charge on any atom is -0.395 e. The molecule has 1 aliphatic carbocycles. The molecule has 3 N–H and O–H groups in total. The highest BCUT2D eigenvalue weighted by molar-refractivity contribution is 5.77. The molecule has 1 saturated carbocycles. The van der Waals surface area contributed by atoms with E-state index in [0.717, 1.165) is 38.8 Å². The van der Waals surface area contributed by atoms with Gasteiger partial charge < -0.3 is 20.6 Å². The van der Waals surface area contributed by atoms with Crippen molar-refractivity contribution in [2.24, 2.45) is 11.1 Å². The summed E-state index contributed by atoms with van der Waals surface area (Å²) in [6.45, 7) is 3.19. The van der Waals surface area contributed by atoms with E-state index in [1.165, 1.54) is 6.42 Å². The van der Waals surface area contributed by atoms with Crippen molar-refractivity contribution < 1.29 is 9.90 Å². The molecular weight excluding hydrogens is 254 g/mol. The predicted octanol–water partition coefficient (Wildman–Crippen LogP) is 0.421. The summed E-state index contributed by atoms with van der Waals surface area (Å²) in [4.78, 5) is 16.8. The Morgan fingerprint density at radius 2 is 2.05 bits per heavy atom. The molecule has 0 spiro atoms. The Morgan fingerprint density at radius 3 is 2.50 bits per heavy atom. The number of nitrogens with two attached hydrogens (primary N) is 1. The Bertz CT molecular complexity index is 318. The Kier molecular flexibility index (Phi) is 5.41. The number of carbonyl (C=O) groups is 1. The van der Waals surface area contributed by atoms with Gasteiger partial charge in [0.1, 0.15) is 0 Å². The van der Waals surface area contributed by atoms with Gasteiger partial charge in [0, 0.05) is 19.0 Å². The second-order valence-corrected chi connectivity index (χ2v) is 6.58. The minimum atomic E-state index is 0.0493. The van der Waals surface area contributed by atoms with Crippen LogP contribution in [0.25, 0.3) is 0 Å². The lowest BCUT2D eigenvalue weighted by molar-refractivity contribution is -0.139. The highest BCUT2D eigenvalue weighted by Crippen LogP contribution is 2.43. The molecule has 0 radical (unpaired) electrons. The lowest BCUT2D eigenvalue weighted by Gasteiger charge is -2.43. The second kappa shape index (κ2) is 6.87. The van der Waals surface area contributed by atoms with E-state index in [4.69, 9.17) is 5.73 Å². The molecule has 0 atom stereocenters. The van der Waals surface area contributed by atoms with Crippen LogP contribution in [0.4, 0.5) is 0 Å². The van der Waals surface area contributed by atoms with Crippen molar-refractivity contribution in [3.63, 3.8) is 0 Å². The SMILES string of the molecule is CN1CCC(N(CCO)C(=O)CC2(CN)CCC2)CC1. The first-order valence-corrected chi connectivity index (χ1v) is 7.89. The molecule has 1 heterocycles. The van der Waals surface area contributed by atoms with Crippen LogP contribution in [0.5, 0.6) is 0 Å². The Labute approximate surface area is 122 Å². The molecule has 2 aliphatic rings.